The van der Waals surface area contributed by atoms with Crippen molar-refractivity contribution in [3.05, 3.63) is 29.8 Å². The number of methoxy groups -OCH3 is 1. The standard InChI is InChI=1S/C12H14O/c1-3-4-5-7-11-8-6-9-12(10-11)13-2/h6,8-10H,3,7H2,1-2H3. The van der Waals surface area contributed by atoms with Crippen LogP contribution in [0.3, 0.4) is 0 Å². The van der Waals surface area contributed by atoms with Crippen molar-refractivity contribution >= 4 is 0 Å². The predicted molar refractivity (Wildman–Crippen MR) is 54.8 cm³/mol. The highest BCUT2D eigenvalue weighted by atomic mass is 16.5. The molecule has 0 aliphatic carbocycles. The van der Waals surface area contributed by atoms with Crippen LogP contribution in [-0.4, -0.2) is 7.11 Å². The molecule has 0 radical (unpaired) electrons. The maximum atomic E-state index is 5.11. The molecule has 1 aromatic rings. The first kappa shape index (κ1) is 9.67. The summed E-state index contributed by atoms with van der Waals surface area (Å²) in [4.78, 5) is 0. The van der Waals surface area contributed by atoms with Gasteiger partial charge in [-0.15, -0.1) is 5.92 Å². The van der Waals surface area contributed by atoms with Gasteiger partial charge >= 0.3 is 0 Å². The minimum atomic E-state index is 0.811. The summed E-state index contributed by atoms with van der Waals surface area (Å²) in [6.07, 6.45) is 1.73. The fraction of sp³-hybridized carbons (Fsp3) is 0.333. The second-order valence-corrected chi connectivity index (χ2v) is 2.74. The lowest BCUT2D eigenvalue weighted by atomic mass is 10.1. The molecule has 0 unspecified atom stereocenters. The van der Waals surface area contributed by atoms with Crippen LogP contribution in [0.4, 0.5) is 0 Å². The van der Waals surface area contributed by atoms with Gasteiger partial charge < -0.3 is 4.74 Å². The van der Waals surface area contributed by atoms with E-state index in [9.17, 15) is 0 Å². The highest BCUT2D eigenvalue weighted by Crippen LogP contribution is 2.12. The Morgan fingerprint density at radius 3 is 2.85 bits per heavy atom. The minimum absolute atomic E-state index is 0.811. The molecule has 0 fully saturated rings. The van der Waals surface area contributed by atoms with E-state index < -0.39 is 0 Å². The molecule has 1 nitrogen and oxygen atoms in total. The van der Waals surface area contributed by atoms with Crippen LogP contribution in [0.25, 0.3) is 0 Å². The van der Waals surface area contributed by atoms with E-state index in [1.54, 1.807) is 7.11 Å². The quantitative estimate of drug-likeness (QED) is 0.626. The molecule has 13 heavy (non-hydrogen) atoms. The van der Waals surface area contributed by atoms with E-state index in [2.05, 4.69) is 24.8 Å². The van der Waals surface area contributed by atoms with Gasteiger partial charge in [-0.05, 0) is 17.7 Å². The molecule has 0 bridgehead atoms. The first-order valence-corrected chi connectivity index (χ1v) is 4.45. The summed E-state index contributed by atoms with van der Waals surface area (Å²) in [5.41, 5.74) is 1.21. The van der Waals surface area contributed by atoms with Crippen molar-refractivity contribution in [1.29, 1.82) is 0 Å². The van der Waals surface area contributed by atoms with E-state index in [4.69, 9.17) is 4.74 Å². The monoisotopic (exact) mass is 174 g/mol. The van der Waals surface area contributed by atoms with Crippen molar-refractivity contribution in [3.63, 3.8) is 0 Å². The molecular weight excluding hydrogens is 160 g/mol. The summed E-state index contributed by atoms with van der Waals surface area (Å²) in [6, 6.07) is 8.01. The van der Waals surface area contributed by atoms with Gasteiger partial charge in [0.2, 0.25) is 0 Å². The van der Waals surface area contributed by atoms with Crippen LogP contribution < -0.4 is 4.74 Å². The topological polar surface area (TPSA) is 9.23 Å². The number of ether oxygens (including phenoxy) is 1. The van der Waals surface area contributed by atoms with Gasteiger partial charge in [0.15, 0.2) is 0 Å². The molecule has 1 heteroatoms. The average Bonchev–Trinajstić information content (AvgIpc) is 2.19. The molecule has 0 amide bonds. The summed E-state index contributed by atoms with van der Waals surface area (Å²) < 4.78 is 5.11. The fourth-order valence-electron chi connectivity index (χ4n) is 1.07. The zero-order valence-electron chi connectivity index (χ0n) is 8.13. The molecule has 0 saturated carbocycles. The summed E-state index contributed by atoms with van der Waals surface area (Å²) in [6.45, 7) is 2.05. The Labute approximate surface area is 79.7 Å². The van der Waals surface area contributed by atoms with E-state index >= 15 is 0 Å². The lowest BCUT2D eigenvalue weighted by Crippen LogP contribution is -1.85. The zero-order chi connectivity index (χ0) is 9.52. The molecule has 1 rings (SSSR count). The molecule has 0 aliphatic heterocycles. The molecule has 0 N–H and O–H groups in total. The van der Waals surface area contributed by atoms with E-state index in [0.717, 1.165) is 18.6 Å². The van der Waals surface area contributed by atoms with Crippen molar-refractivity contribution < 1.29 is 4.74 Å². The third-order valence-corrected chi connectivity index (χ3v) is 1.73. The first-order valence-electron chi connectivity index (χ1n) is 4.45. The molecule has 0 atom stereocenters. The van der Waals surface area contributed by atoms with Crippen LogP contribution in [0, 0.1) is 11.8 Å². The smallest absolute Gasteiger partial charge is 0.119 e. The Balaban J connectivity index is 2.66. The van der Waals surface area contributed by atoms with Gasteiger partial charge in [-0.3, -0.25) is 0 Å². The second-order valence-electron chi connectivity index (χ2n) is 2.74. The number of benzene rings is 1. The van der Waals surface area contributed by atoms with Crippen molar-refractivity contribution in [2.45, 2.75) is 19.8 Å². The molecule has 0 saturated heterocycles. The summed E-state index contributed by atoms with van der Waals surface area (Å²) in [5.74, 6) is 7.04. The summed E-state index contributed by atoms with van der Waals surface area (Å²) >= 11 is 0. The minimum Gasteiger partial charge on any atom is -0.497 e. The van der Waals surface area contributed by atoms with Crippen molar-refractivity contribution in [2.24, 2.45) is 0 Å². The largest absolute Gasteiger partial charge is 0.497 e. The number of rotatable bonds is 2. The number of hydrogen-bond donors (Lipinski definition) is 0. The normalized spacial score (nSPS) is 8.77. The number of hydrogen-bond acceptors (Lipinski definition) is 1. The molecular formula is C12H14O. The molecule has 0 aromatic heterocycles. The average molecular weight is 174 g/mol. The fourth-order valence-corrected chi connectivity index (χ4v) is 1.07. The molecule has 1 aromatic carbocycles. The van der Waals surface area contributed by atoms with Gasteiger partial charge in [-0.25, -0.2) is 0 Å². The van der Waals surface area contributed by atoms with Crippen LogP contribution in [0.1, 0.15) is 18.9 Å². The van der Waals surface area contributed by atoms with E-state index in [1.807, 2.05) is 18.2 Å². The molecule has 0 heterocycles. The third kappa shape index (κ3) is 3.21. The van der Waals surface area contributed by atoms with E-state index in [-0.39, 0.29) is 0 Å². The van der Waals surface area contributed by atoms with Gasteiger partial charge in [0, 0.05) is 12.8 Å². The Hall–Kier alpha value is -1.42. The van der Waals surface area contributed by atoms with Crippen LogP contribution in [-0.2, 0) is 6.42 Å². The van der Waals surface area contributed by atoms with Crippen molar-refractivity contribution in [2.75, 3.05) is 7.11 Å². The van der Waals surface area contributed by atoms with Gasteiger partial charge in [-0.2, -0.15) is 0 Å². The van der Waals surface area contributed by atoms with E-state index in [1.165, 1.54) is 5.56 Å². The van der Waals surface area contributed by atoms with Crippen LogP contribution in [0.15, 0.2) is 24.3 Å². The lowest BCUT2D eigenvalue weighted by Gasteiger charge is -2.00. The predicted octanol–water partition coefficient (Wildman–Crippen LogP) is 2.65. The SMILES string of the molecule is CCC#CCc1cccc(OC)c1. The van der Waals surface area contributed by atoms with Gasteiger partial charge in [0.05, 0.1) is 7.11 Å². The second kappa shape index (κ2) is 5.27. The van der Waals surface area contributed by atoms with Gasteiger partial charge in [-0.1, -0.05) is 25.0 Å². The molecule has 0 spiro atoms. The maximum absolute atomic E-state index is 5.11. The maximum Gasteiger partial charge on any atom is 0.119 e. The lowest BCUT2D eigenvalue weighted by molar-refractivity contribution is 0.414. The summed E-state index contributed by atoms with van der Waals surface area (Å²) in [7, 11) is 1.68. The highest BCUT2D eigenvalue weighted by molar-refractivity contribution is 5.30. The van der Waals surface area contributed by atoms with Crippen LogP contribution in [0.5, 0.6) is 5.75 Å². The zero-order valence-corrected chi connectivity index (χ0v) is 8.13. The van der Waals surface area contributed by atoms with Gasteiger partial charge in [0.1, 0.15) is 5.75 Å². The molecule has 68 valence electrons. The Morgan fingerprint density at radius 1 is 1.31 bits per heavy atom. The van der Waals surface area contributed by atoms with Crippen LogP contribution >= 0.6 is 0 Å². The Kier molecular flexibility index (Phi) is 3.92. The Bertz CT molecular complexity index is 317. The van der Waals surface area contributed by atoms with Crippen LogP contribution in [0.2, 0.25) is 0 Å². The molecule has 0 aliphatic rings. The Morgan fingerprint density at radius 2 is 2.15 bits per heavy atom. The van der Waals surface area contributed by atoms with Crippen molar-refractivity contribution in [1.82, 2.24) is 0 Å². The first-order chi connectivity index (χ1) is 6.36. The third-order valence-electron chi connectivity index (χ3n) is 1.73. The van der Waals surface area contributed by atoms with Gasteiger partial charge in [0.25, 0.3) is 0 Å². The van der Waals surface area contributed by atoms with Crippen molar-refractivity contribution in [3.8, 4) is 17.6 Å². The highest BCUT2D eigenvalue weighted by Gasteiger charge is 1.92. The summed E-state index contributed by atoms with van der Waals surface area (Å²) in [5, 5.41) is 0. The van der Waals surface area contributed by atoms with E-state index in [0.29, 0.717) is 0 Å².